The lowest BCUT2D eigenvalue weighted by atomic mass is 10.1. The molecule has 5 heteroatoms. The number of hydrogen-bond acceptors (Lipinski definition) is 2. The van der Waals surface area contributed by atoms with Crippen LogP contribution in [0.5, 0.6) is 0 Å². The number of benzene rings is 2. The van der Waals surface area contributed by atoms with E-state index in [9.17, 15) is 9.18 Å². The van der Waals surface area contributed by atoms with Gasteiger partial charge in [-0.15, -0.1) is 0 Å². The smallest absolute Gasteiger partial charge is 0.219 e. The standard InChI is InChI=1S/C21H22FN3O/c1-15-6-7-19-16(12-15)17(13-23-19)21(26)14-24-8-10-25(11-9-24)20-5-3-2-4-18(20)22/h2-7,12-13,23H,8-11,14H2,1H3/p+1. The molecule has 2 aromatic carbocycles. The number of carbonyl (C=O) groups is 1. The van der Waals surface area contributed by atoms with Gasteiger partial charge in [0.2, 0.25) is 5.78 Å². The number of aromatic amines is 1. The predicted octanol–water partition coefficient (Wildman–Crippen LogP) is 2.20. The van der Waals surface area contributed by atoms with Crippen LogP contribution >= 0.6 is 0 Å². The highest BCUT2D eigenvalue weighted by Crippen LogP contribution is 2.20. The molecule has 0 aliphatic carbocycles. The largest absolute Gasteiger partial charge is 0.360 e. The molecule has 134 valence electrons. The van der Waals surface area contributed by atoms with Crippen molar-refractivity contribution in [2.45, 2.75) is 6.92 Å². The van der Waals surface area contributed by atoms with Gasteiger partial charge in [-0.1, -0.05) is 23.8 Å². The fourth-order valence-corrected chi connectivity index (χ4v) is 3.74. The second kappa shape index (κ2) is 6.92. The van der Waals surface area contributed by atoms with Gasteiger partial charge in [-0.2, -0.15) is 0 Å². The van der Waals surface area contributed by atoms with Gasteiger partial charge in [0, 0.05) is 22.7 Å². The second-order valence-corrected chi connectivity index (χ2v) is 7.04. The van der Waals surface area contributed by atoms with E-state index in [2.05, 4.69) is 16.0 Å². The molecule has 3 aromatic rings. The Hall–Kier alpha value is -2.66. The van der Waals surface area contributed by atoms with Crippen LogP contribution in [0.3, 0.4) is 0 Å². The molecule has 4 nitrogen and oxygen atoms in total. The highest BCUT2D eigenvalue weighted by atomic mass is 19.1. The zero-order chi connectivity index (χ0) is 18.1. The molecule has 0 unspecified atom stereocenters. The first-order chi connectivity index (χ1) is 12.6. The van der Waals surface area contributed by atoms with Crippen LogP contribution in [0.4, 0.5) is 10.1 Å². The van der Waals surface area contributed by atoms with Crippen LogP contribution in [0.1, 0.15) is 15.9 Å². The predicted molar refractivity (Wildman–Crippen MR) is 102 cm³/mol. The van der Waals surface area contributed by atoms with Crippen molar-refractivity contribution in [1.29, 1.82) is 0 Å². The second-order valence-electron chi connectivity index (χ2n) is 7.04. The van der Waals surface area contributed by atoms with Crippen molar-refractivity contribution < 1.29 is 14.1 Å². The molecule has 2 heterocycles. The number of para-hydroxylation sites is 1. The third-order valence-electron chi connectivity index (χ3n) is 5.21. The number of aryl methyl sites for hydroxylation is 1. The topological polar surface area (TPSA) is 40.5 Å². The number of Topliss-reactive ketones (excluding diaryl/α,β-unsaturated/α-hetero) is 1. The lowest BCUT2D eigenvalue weighted by Gasteiger charge is -2.33. The molecule has 0 radical (unpaired) electrons. The molecule has 1 aromatic heterocycles. The number of rotatable bonds is 4. The zero-order valence-electron chi connectivity index (χ0n) is 14.9. The average molecular weight is 352 g/mol. The van der Waals surface area contributed by atoms with Gasteiger partial charge in [-0.3, -0.25) is 4.79 Å². The molecule has 26 heavy (non-hydrogen) atoms. The maximum atomic E-state index is 13.9. The number of ketones is 1. The number of carbonyl (C=O) groups excluding carboxylic acids is 1. The number of anilines is 1. The molecular weight excluding hydrogens is 329 g/mol. The van der Waals surface area contributed by atoms with Crippen LogP contribution in [0.15, 0.2) is 48.7 Å². The molecule has 0 bridgehead atoms. The lowest BCUT2D eigenvalue weighted by molar-refractivity contribution is -0.892. The Kier molecular flexibility index (Phi) is 4.47. The van der Waals surface area contributed by atoms with Crippen molar-refractivity contribution >= 4 is 22.4 Å². The van der Waals surface area contributed by atoms with Gasteiger partial charge in [0.05, 0.1) is 31.9 Å². The van der Waals surface area contributed by atoms with E-state index in [4.69, 9.17) is 0 Å². The van der Waals surface area contributed by atoms with Crippen LogP contribution in [-0.2, 0) is 0 Å². The number of quaternary nitrogens is 1. The molecule has 0 saturated carbocycles. The number of aromatic nitrogens is 1. The van der Waals surface area contributed by atoms with E-state index in [1.54, 1.807) is 6.07 Å². The summed E-state index contributed by atoms with van der Waals surface area (Å²) in [6.45, 7) is 5.70. The minimum Gasteiger partial charge on any atom is -0.360 e. The zero-order valence-corrected chi connectivity index (χ0v) is 14.9. The average Bonchev–Trinajstić information content (AvgIpc) is 3.06. The Morgan fingerprint density at radius 1 is 1.19 bits per heavy atom. The highest BCUT2D eigenvalue weighted by Gasteiger charge is 2.25. The minimum absolute atomic E-state index is 0.163. The van der Waals surface area contributed by atoms with Gasteiger partial charge < -0.3 is 14.8 Å². The van der Waals surface area contributed by atoms with E-state index in [-0.39, 0.29) is 11.6 Å². The molecule has 1 aliphatic rings. The molecule has 0 amide bonds. The first-order valence-electron chi connectivity index (χ1n) is 9.06. The molecule has 4 rings (SSSR count). The van der Waals surface area contributed by atoms with E-state index >= 15 is 0 Å². The first kappa shape index (κ1) is 16.8. The summed E-state index contributed by atoms with van der Waals surface area (Å²) in [6, 6.07) is 13.0. The van der Waals surface area contributed by atoms with E-state index in [0.717, 1.165) is 48.2 Å². The summed E-state index contributed by atoms with van der Waals surface area (Å²) in [5, 5.41) is 0.999. The first-order valence-corrected chi connectivity index (χ1v) is 9.06. The summed E-state index contributed by atoms with van der Waals surface area (Å²) in [4.78, 5) is 19.3. The van der Waals surface area contributed by atoms with E-state index in [1.165, 1.54) is 11.0 Å². The molecular formula is C21H23FN3O+. The van der Waals surface area contributed by atoms with Gasteiger partial charge >= 0.3 is 0 Å². The molecule has 0 spiro atoms. The Labute approximate surface area is 152 Å². The van der Waals surface area contributed by atoms with Gasteiger partial charge in [0.25, 0.3) is 0 Å². The Morgan fingerprint density at radius 2 is 1.96 bits per heavy atom. The Bertz CT molecular complexity index is 941. The highest BCUT2D eigenvalue weighted by molar-refractivity contribution is 6.08. The normalized spacial score (nSPS) is 15.5. The number of hydrogen-bond donors (Lipinski definition) is 2. The van der Waals surface area contributed by atoms with Crippen molar-refractivity contribution in [3.63, 3.8) is 0 Å². The summed E-state index contributed by atoms with van der Waals surface area (Å²) in [5.41, 5.74) is 3.58. The Balaban J connectivity index is 1.42. The molecule has 2 N–H and O–H groups in total. The van der Waals surface area contributed by atoms with E-state index in [1.807, 2.05) is 37.4 Å². The maximum Gasteiger partial charge on any atom is 0.219 e. The van der Waals surface area contributed by atoms with Gasteiger partial charge in [-0.25, -0.2) is 4.39 Å². The fraction of sp³-hybridized carbons (Fsp3) is 0.286. The number of H-pyrrole nitrogens is 1. The molecule has 1 fully saturated rings. The van der Waals surface area contributed by atoms with E-state index in [0.29, 0.717) is 12.2 Å². The summed E-state index contributed by atoms with van der Waals surface area (Å²) in [6.07, 6.45) is 1.82. The number of halogens is 1. The van der Waals surface area contributed by atoms with Gasteiger partial charge in [0.1, 0.15) is 12.4 Å². The summed E-state index contributed by atoms with van der Waals surface area (Å²) < 4.78 is 13.9. The number of fused-ring (bicyclic) bond motifs is 1. The van der Waals surface area contributed by atoms with Crippen LogP contribution in [0, 0.1) is 12.7 Å². The summed E-state index contributed by atoms with van der Waals surface area (Å²) >= 11 is 0. The monoisotopic (exact) mass is 352 g/mol. The quantitative estimate of drug-likeness (QED) is 0.707. The van der Waals surface area contributed by atoms with Crippen LogP contribution in [0.2, 0.25) is 0 Å². The van der Waals surface area contributed by atoms with Gasteiger partial charge in [0.15, 0.2) is 0 Å². The molecule has 1 saturated heterocycles. The van der Waals surface area contributed by atoms with Crippen molar-refractivity contribution in [1.82, 2.24) is 4.98 Å². The van der Waals surface area contributed by atoms with E-state index < -0.39 is 0 Å². The van der Waals surface area contributed by atoms with Crippen LogP contribution in [0.25, 0.3) is 10.9 Å². The number of piperazine rings is 1. The molecule has 1 aliphatic heterocycles. The Morgan fingerprint density at radius 3 is 2.73 bits per heavy atom. The van der Waals surface area contributed by atoms with Crippen molar-refractivity contribution in [3.8, 4) is 0 Å². The van der Waals surface area contributed by atoms with Gasteiger partial charge in [-0.05, 0) is 31.2 Å². The van der Waals surface area contributed by atoms with Crippen molar-refractivity contribution in [2.24, 2.45) is 0 Å². The third kappa shape index (κ3) is 3.22. The SMILES string of the molecule is Cc1ccc2[nH]cc(C(=O)C[NH+]3CCN(c4ccccc4F)CC3)c2c1. The van der Waals surface area contributed by atoms with Crippen molar-refractivity contribution in [3.05, 3.63) is 65.6 Å². The minimum atomic E-state index is -0.179. The van der Waals surface area contributed by atoms with Crippen molar-refractivity contribution in [2.75, 3.05) is 37.6 Å². The fourth-order valence-electron chi connectivity index (χ4n) is 3.74. The van der Waals surface area contributed by atoms with Crippen LogP contribution < -0.4 is 9.80 Å². The maximum absolute atomic E-state index is 13.9. The summed E-state index contributed by atoms with van der Waals surface area (Å²) in [5.74, 6) is -0.0163. The molecule has 0 atom stereocenters. The lowest BCUT2D eigenvalue weighted by Crippen LogP contribution is -3.15. The third-order valence-corrected chi connectivity index (χ3v) is 5.21. The summed E-state index contributed by atoms with van der Waals surface area (Å²) in [7, 11) is 0. The number of nitrogens with one attached hydrogen (secondary N) is 2. The number of nitrogens with zero attached hydrogens (tertiary/aromatic N) is 1. The van der Waals surface area contributed by atoms with Crippen LogP contribution in [-0.4, -0.2) is 43.5 Å².